The van der Waals surface area contributed by atoms with E-state index in [9.17, 15) is 0 Å². The maximum atomic E-state index is 6.15. The Morgan fingerprint density at radius 3 is 3.00 bits per heavy atom. The van der Waals surface area contributed by atoms with E-state index in [1.54, 1.807) is 12.4 Å². The van der Waals surface area contributed by atoms with Gasteiger partial charge in [0.15, 0.2) is 11.5 Å². The van der Waals surface area contributed by atoms with Crippen molar-refractivity contribution in [2.75, 3.05) is 11.1 Å². The molecule has 0 aliphatic rings. The van der Waals surface area contributed by atoms with Crippen molar-refractivity contribution in [1.82, 2.24) is 14.4 Å². The van der Waals surface area contributed by atoms with Crippen molar-refractivity contribution in [1.29, 1.82) is 0 Å². The Morgan fingerprint density at radius 1 is 1.40 bits per heavy atom. The quantitative estimate of drug-likeness (QED) is 0.736. The highest BCUT2D eigenvalue weighted by Crippen LogP contribution is 2.31. The number of nitrogen functional groups attached to an aromatic ring is 1. The number of imidazole rings is 1. The zero-order valence-electron chi connectivity index (χ0n) is 10.6. The number of hydrogen-bond donors (Lipinski definition) is 2. The first-order chi connectivity index (χ1) is 9.54. The lowest BCUT2D eigenvalue weighted by Crippen LogP contribution is -2.02. The van der Waals surface area contributed by atoms with Gasteiger partial charge in [-0.25, -0.2) is 9.97 Å². The van der Waals surface area contributed by atoms with Gasteiger partial charge < -0.3 is 15.5 Å². The van der Waals surface area contributed by atoms with E-state index in [2.05, 4.69) is 31.2 Å². The summed E-state index contributed by atoms with van der Waals surface area (Å²) in [6, 6.07) is 3.78. The molecule has 0 fully saturated rings. The Balaban J connectivity index is 2.09. The number of anilines is 3. The summed E-state index contributed by atoms with van der Waals surface area (Å²) in [5.41, 5.74) is 8.29. The Labute approximate surface area is 128 Å². The number of halogens is 2. The van der Waals surface area contributed by atoms with Crippen molar-refractivity contribution < 1.29 is 0 Å². The smallest absolute Gasteiger partial charge is 0.180 e. The highest BCUT2D eigenvalue weighted by atomic mass is 79.9. The Hall–Kier alpha value is -1.79. The van der Waals surface area contributed by atoms with E-state index in [0.29, 0.717) is 22.3 Å². The van der Waals surface area contributed by atoms with Crippen LogP contribution in [0.4, 0.5) is 17.3 Å². The number of nitrogens with two attached hydrogens (primary N) is 1. The van der Waals surface area contributed by atoms with Crippen molar-refractivity contribution in [2.24, 2.45) is 0 Å². The second kappa shape index (κ2) is 4.96. The van der Waals surface area contributed by atoms with Crippen LogP contribution in [0.5, 0.6) is 0 Å². The number of benzene rings is 1. The number of rotatable bonds is 2. The maximum absolute atomic E-state index is 6.15. The predicted octanol–water partition coefficient (Wildman–Crippen LogP) is 3.78. The van der Waals surface area contributed by atoms with Crippen LogP contribution in [-0.2, 0) is 0 Å². The molecule has 0 saturated heterocycles. The van der Waals surface area contributed by atoms with E-state index >= 15 is 0 Å². The lowest BCUT2D eigenvalue weighted by atomic mass is 10.2. The zero-order chi connectivity index (χ0) is 14.3. The molecule has 0 saturated carbocycles. The molecule has 3 rings (SSSR count). The lowest BCUT2D eigenvalue weighted by molar-refractivity contribution is 1.13. The summed E-state index contributed by atoms with van der Waals surface area (Å²) in [5.74, 6) is 0.989. The van der Waals surface area contributed by atoms with E-state index in [1.165, 1.54) is 0 Å². The van der Waals surface area contributed by atoms with Gasteiger partial charge in [0.1, 0.15) is 5.82 Å². The molecular formula is C13H11BrClN5. The van der Waals surface area contributed by atoms with Crippen LogP contribution >= 0.6 is 27.5 Å². The van der Waals surface area contributed by atoms with E-state index in [0.717, 1.165) is 15.7 Å². The van der Waals surface area contributed by atoms with Gasteiger partial charge in [-0.05, 0) is 40.5 Å². The minimum Gasteiger partial charge on any atom is -0.382 e. The van der Waals surface area contributed by atoms with Gasteiger partial charge in [0.2, 0.25) is 0 Å². The molecule has 0 aliphatic carbocycles. The normalized spacial score (nSPS) is 10.9. The molecule has 0 spiro atoms. The summed E-state index contributed by atoms with van der Waals surface area (Å²) in [7, 11) is 0. The minimum atomic E-state index is 0.410. The van der Waals surface area contributed by atoms with Crippen molar-refractivity contribution >= 4 is 50.5 Å². The van der Waals surface area contributed by atoms with Gasteiger partial charge in [-0.15, -0.1) is 0 Å². The van der Waals surface area contributed by atoms with Gasteiger partial charge in [-0.3, -0.25) is 0 Å². The number of nitrogens with zero attached hydrogens (tertiary/aromatic N) is 3. The number of aromatic nitrogens is 3. The van der Waals surface area contributed by atoms with Crippen LogP contribution in [0.25, 0.3) is 5.65 Å². The molecule has 7 heteroatoms. The summed E-state index contributed by atoms with van der Waals surface area (Å²) in [6.45, 7) is 1.95. The number of hydrogen-bond acceptors (Lipinski definition) is 4. The van der Waals surface area contributed by atoms with Crippen LogP contribution in [-0.4, -0.2) is 14.4 Å². The fourth-order valence-corrected chi connectivity index (χ4v) is 2.63. The van der Waals surface area contributed by atoms with Crippen LogP contribution in [0, 0.1) is 6.92 Å². The Kier molecular flexibility index (Phi) is 3.27. The van der Waals surface area contributed by atoms with Crippen molar-refractivity contribution in [3.8, 4) is 0 Å². The molecule has 2 heterocycles. The van der Waals surface area contributed by atoms with Crippen LogP contribution in [0.3, 0.4) is 0 Å². The van der Waals surface area contributed by atoms with Gasteiger partial charge in [-0.2, -0.15) is 0 Å². The van der Waals surface area contributed by atoms with Gasteiger partial charge in [0, 0.05) is 21.9 Å². The van der Waals surface area contributed by atoms with Crippen LogP contribution in [0.1, 0.15) is 5.56 Å². The minimum absolute atomic E-state index is 0.410. The molecule has 5 nitrogen and oxygen atoms in total. The molecule has 2 aromatic heterocycles. The van der Waals surface area contributed by atoms with Gasteiger partial charge in [-0.1, -0.05) is 11.6 Å². The molecule has 3 aromatic rings. The summed E-state index contributed by atoms with van der Waals surface area (Å²) >= 11 is 9.66. The van der Waals surface area contributed by atoms with Crippen LogP contribution < -0.4 is 11.1 Å². The first-order valence-corrected chi connectivity index (χ1v) is 7.03. The standard InChI is InChI=1S/C13H11BrClN5/c1-7-4-8(14)10(5-9(7)15)18-12-13-17-2-3-20(13)6-11(16)19-12/h2-6H,16H2,1H3,(H,18,19). The summed E-state index contributed by atoms with van der Waals surface area (Å²) in [6.07, 6.45) is 5.22. The molecule has 0 bridgehead atoms. The molecule has 102 valence electrons. The van der Waals surface area contributed by atoms with Crippen molar-refractivity contribution in [2.45, 2.75) is 6.92 Å². The number of fused-ring (bicyclic) bond motifs is 1. The highest BCUT2D eigenvalue weighted by molar-refractivity contribution is 9.10. The zero-order valence-corrected chi connectivity index (χ0v) is 12.9. The van der Waals surface area contributed by atoms with E-state index in [1.807, 2.05) is 29.7 Å². The molecule has 1 aromatic carbocycles. The molecular weight excluding hydrogens is 342 g/mol. The van der Waals surface area contributed by atoms with Crippen molar-refractivity contribution in [3.63, 3.8) is 0 Å². The number of aryl methyl sites for hydroxylation is 1. The molecule has 20 heavy (non-hydrogen) atoms. The first kappa shape index (κ1) is 13.2. The van der Waals surface area contributed by atoms with E-state index in [4.69, 9.17) is 17.3 Å². The largest absolute Gasteiger partial charge is 0.382 e. The van der Waals surface area contributed by atoms with Crippen LogP contribution in [0.2, 0.25) is 5.02 Å². The fraction of sp³-hybridized carbons (Fsp3) is 0.0769. The topological polar surface area (TPSA) is 68.2 Å². The van der Waals surface area contributed by atoms with Crippen molar-refractivity contribution in [3.05, 3.63) is 45.8 Å². The molecule has 0 atom stereocenters. The Morgan fingerprint density at radius 2 is 2.20 bits per heavy atom. The molecule has 0 amide bonds. The highest BCUT2D eigenvalue weighted by Gasteiger charge is 2.10. The SMILES string of the molecule is Cc1cc(Br)c(Nc2nc(N)cn3ccnc23)cc1Cl. The molecule has 3 N–H and O–H groups in total. The second-order valence-corrected chi connectivity index (χ2v) is 5.64. The maximum Gasteiger partial charge on any atom is 0.180 e. The Bertz CT molecular complexity index is 799. The van der Waals surface area contributed by atoms with Crippen LogP contribution in [0.15, 0.2) is 35.2 Å². The first-order valence-electron chi connectivity index (χ1n) is 5.86. The fourth-order valence-electron chi connectivity index (χ4n) is 1.90. The summed E-state index contributed by atoms with van der Waals surface area (Å²) < 4.78 is 2.71. The second-order valence-electron chi connectivity index (χ2n) is 4.38. The van der Waals surface area contributed by atoms with Gasteiger partial charge in [0.25, 0.3) is 0 Å². The molecule has 0 aliphatic heterocycles. The third kappa shape index (κ3) is 2.32. The number of nitrogens with one attached hydrogen (secondary N) is 1. The lowest BCUT2D eigenvalue weighted by Gasteiger charge is -2.11. The van der Waals surface area contributed by atoms with Gasteiger partial charge in [0.05, 0.1) is 11.9 Å². The predicted molar refractivity (Wildman–Crippen MR) is 84.6 cm³/mol. The third-order valence-corrected chi connectivity index (χ3v) is 3.96. The van der Waals surface area contributed by atoms with E-state index in [-0.39, 0.29) is 0 Å². The molecule has 0 radical (unpaired) electrons. The molecule has 0 unspecified atom stereocenters. The summed E-state index contributed by atoms with van der Waals surface area (Å²) in [5, 5.41) is 3.88. The summed E-state index contributed by atoms with van der Waals surface area (Å²) in [4.78, 5) is 8.54. The monoisotopic (exact) mass is 351 g/mol. The average molecular weight is 353 g/mol. The van der Waals surface area contributed by atoms with E-state index < -0.39 is 0 Å². The average Bonchev–Trinajstić information content (AvgIpc) is 2.84. The third-order valence-electron chi connectivity index (χ3n) is 2.89. The van der Waals surface area contributed by atoms with Gasteiger partial charge >= 0.3 is 0 Å².